The molecule has 0 unspecified atom stereocenters. The van der Waals surface area contributed by atoms with Gasteiger partial charge in [-0.1, -0.05) is 0 Å². The highest BCUT2D eigenvalue weighted by atomic mass is 32.2. The second-order valence-corrected chi connectivity index (χ2v) is 4.15. The Morgan fingerprint density at radius 2 is 1.72 bits per heavy atom. The van der Waals surface area contributed by atoms with E-state index in [9.17, 15) is 36.5 Å². The van der Waals surface area contributed by atoms with Crippen LogP contribution in [-0.4, -0.2) is 16.4 Å². The Morgan fingerprint density at radius 3 is 2.17 bits per heavy atom. The SMILES string of the molecule is O=[N+]([O-])c1ccc(F)c(SC(F)(F)C(F)(F)F)c1. The Balaban J connectivity index is 3.11. The first-order valence-corrected chi connectivity index (χ1v) is 4.94. The van der Waals surface area contributed by atoms with Gasteiger partial charge in [-0.3, -0.25) is 10.1 Å². The number of hydrogen-bond acceptors (Lipinski definition) is 3. The molecule has 0 heterocycles. The Labute approximate surface area is 99.9 Å². The summed E-state index contributed by atoms with van der Waals surface area (Å²) in [7, 11) is 0. The van der Waals surface area contributed by atoms with Gasteiger partial charge in [0.25, 0.3) is 5.69 Å². The number of thioether (sulfide) groups is 1. The number of nitrogens with zero attached hydrogens (tertiary/aromatic N) is 1. The van der Waals surface area contributed by atoms with Gasteiger partial charge in [0, 0.05) is 12.1 Å². The lowest BCUT2D eigenvalue weighted by Gasteiger charge is -2.18. The highest BCUT2D eigenvalue weighted by molar-refractivity contribution is 8.00. The van der Waals surface area contributed by atoms with E-state index in [1.165, 1.54) is 0 Å². The van der Waals surface area contributed by atoms with Crippen LogP contribution in [0.15, 0.2) is 23.1 Å². The molecular formula is C8H3F6NO2S. The van der Waals surface area contributed by atoms with Crippen LogP contribution >= 0.6 is 11.8 Å². The van der Waals surface area contributed by atoms with Crippen LogP contribution in [0.5, 0.6) is 0 Å². The first-order chi connectivity index (χ1) is 8.04. The summed E-state index contributed by atoms with van der Waals surface area (Å²) in [6.45, 7) is 0. The molecule has 100 valence electrons. The van der Waals surface area contributed by atoms with E-state index in [0.29, 0.717) is 18.2 Å². The van der Waals surface area contributed by atoms with Crippen molar-refractivity contribution in [1.29, 1.82) is 0 Å². The predicted molar refractivity (Wildman–Crippen MR) is 49.9 cm³/mol. The number of hydrogen-bond donors (Lipinski definition) is 0. The molecule has 0 N–H and O–H groups in total. The number of rotatable bonds is 3. The minimum Gasteiger partial charge on any atom is -0.258 e. The molecule has 0 aliphatic heterocycles. The maximum Gasteiger partial charge on any atom is 0.464 e. The van der Waals surface area contributed by atoms with Crippen LogP contribution < -0.4 is 0 Å². The van der Waals surface area contributed by atoms with E-state index >= 15 is 0 Å². The standard InChI is InChI=1S/C8H3F6NO2S/c9-5-2-1-4(15(16)17)3-6(5)18-8(13,14)7(10,11)12/h1-3H. The second-order valence-electron chi connectivity index (χ2n) is 2.99. The lowest BCUT2D eigenvalue weighted by Crippen LogP contribution is -2.32. The van der Waals surface area contributed by atoms with Gasteiger partial charge in [-0.2, -0.15) is 22.0 Å². The van der Waals surface area contributed by atoms with E-state index in [2.05, 4.69) is 0 Å². The fourth-order valence-electron chi connectivity index (χ4n) is 0.880. The summed E-state index contributed by atoms with van der Waals surface area (Å²) >= 11 is -1.13. The molecule has 0 fully saturated rings. The molecule has 0 aliphatic rings. The van der Waals surface area contributed by atoms with Crippen molar-refractivity contribution < 1.29 is 31.3 Å². The van der Waals surface area contributed by atoms with Crippen molar-refractivity contribution in [3.63, 3.8) is 0 Å². The molecule has 0 bridgehead atoms. The van der Waals surface area contributed by atoms with Gasteiger partial charge < -0.3 is 0 Å². The number of nitro groups is 1. The third-order valence-electron chi connectivity index (χ3n) is 1.69. The van der Waals surface area contributed by atoms with Crippen LogP contribution in [0.25, 0.3) is 0 Å². The summed E-state index contributed by atoms with van der Waals surface area (Å²) in [5, 5.41) is 5.06. The zero-order valence-corrected chi connectivity index (χ0v) is 8.99. The highest BCUT2D eigenvalue weighted by Gasteiger charge is 2.58. The maximum absolute atomic E-state index is 13.0. The molecule has 0 amide bonds. The van der Waals surface area contributed by atoms with E-state index in [4.69, 9.17) is 0 Å². The van der Waals surface area contributed by atoms with E-state index in [0.717, 1.165) is 0 Å². The van der Waals surface area contributed by atoms with Gasteiger partial charge in [-0.15, -0.1) is 0 Å². The second kappa shape index (κ2) is 4.67. The number of alkyl halides is 5. The normalized spacial score (nSPS) is 12.6. The third-order valence-corrected chi connectivity index (χ3v) is 2.71. The van der Waals surface area contributed by atoms with Crippen LogP contribution in [0.2, 0.25) is 0 Å². The zero-order valence-electron chi connectivity index (χ0n) is 8.17. The van der Waals surface area contributed by atoms with Gasteiger partial charge in [0.05, 0.1) is 9.82 Å². The Kier molecular flexibility index (Phi) is 3.79. The fourth-order valence-corrected chi connectivity index (χ4v) is 1.62. The minimum absolute atomic E-state index is 0.319. The van der Waals surface area contributed by atoms with Crippen LogP contribution in [0.3, 0.4) is 0 Å². The average Bonchev–Trinajstić information content (AvgIpc) is 2.18. The first kappa shape index (κ1) is 14.6. The van der Waals surface area contributed by atoms with Crippen molar-refractivity contribution in [1.82, 2.24) is 0 Å². The predicted octanol–water partition coefficient (Wildman–Crippen LogP) is 3.98. The van der Waals surface area contributed by atoms with Crippen LogP contribution in [0.1, 0.15) is 0 Å². The Bertz CT molecular complexity index is 475. The summed E-state index contributed by atoms with van der Waals surface area (Å²) in [6, 6.07) is 1.43. The summed E-state index contributed by atoms with van der Waals surface area (Å²) < 4.78 is 73.9. The Hall–Kier alpha value is -1.45. The van der Waals surface area contributed by atoms with Gasteiger partial charge in [0.2, 0.25) is 0 Å². The molecule has 18 heavy (non-hydrogen) atoms. The van der Waals surface area contributed by atoms with Crippen molar-refractivity contribution in [3.05, 3.63) is 34.1 Å². The van der Waals surface area contributed by atoms with Crippen LogP contribution in [-0.2, 0) is 0 Å². The van der Waals surface area contributed by atoms with Crippen molar-refractivity contribution in [3.8, 4) is 0 Å². The number of benzene rings is 1. The molecule has 0 saturated carbocycles. The smallest absolute Gasteiger partial charge is 0.258 e. The van der Waals surface area contributed by atoms with Gasteiger partial charge in [-0.25, -0.2) is 4.39 Å². The molecule has 10 heteroatoms. The summed E-state index contributed by atoms with van der Waals surface area (Å²) in [5.41, 5.74) is -0.781. The molecule has 0 radical (unpaired) electrons. The largest absolute Gasteiger partial charge is 0.464 e. The molecule has 0 spiro atoms. The van der Waals surface area contributed by atoms with Gasteiger partial charge in [0.1, 0.15) is 5.82 Å². The third kappa shape index (κ3) is 3.06. The van der Waals surface area contributed by atoms with E-state index < -0.39 is 44.5 Å². The van der Waals surface area contributed by atoms with Crippen molar-refractivity contribution >= 4 is 17.4 Å². The lowest BCUT2D eigenvalue weighted by atomic mass is 10.3. The van der Waals surface area contributed by atoms with E-state index in [-0.39, 0.29) is 0 Å². The molecule has 0 aromatic heterocycles. The van der Waals surface area contributed by atoms with Crippen molar-refractivity contribution in [2.24, 2.45) is 0 Å². The number of non-ortho nitro benzene ring substituents is 1. The van der Waals surface area contributed by atoms with Crippen LogP contribution in [0.4, 0.5) is 32.0 Å². The average molecular weight is 291 g/mol. The van der Waals surface area contributed by atoms with Crippen molar-refractivity contribution in [2.45, 2.75) is 16.3 Å². The quantitative estimate of drug-likeness (QED) is 0.366. The molecule has 1 rings (SSSR count). The number of halogens is 6. The van der Waals surface area contributed by atoms with Crippen molar-refractivity contribution in [2.75, 3.05) is 0 Å². The number of nitro benzene ring substituents is 1. The lowest BCUT2D eigenvalue weighted by molar-refractivity contribution is -0.385. The minimum atomic E-state index is -5.88. The van der Waals surface area contributed by atoms with E-state index in [1.54, 1.807) is 0 Å². The summed E-state index contributed by atoms with van der Waals surface area (Å²) in [4.78, 5) is 8.11. The molecule has 3 nitrogen and oxygen atoms in total. The van der Waals surface area contributed by atoms with Gasteiger partial charge in [0.15, 0.2) is 0 Å². The Morgan fingerprint density at radius 1 is 1.17 bits per heavy atom. The molecule has 0 saturated heterocycles. The summed E-state index contributed by atoms with van der Waals surface area (Å²) in [6.07, 6.45) is -5.88. The van der Waals surface area contributed by atoms with Gasteiger partial charge in [-0.05, 0) is 17.8 Å². The molecule has 0 atom stereocenters. The molecule has 0 aliphatic carbocycles. The van der Waals surface area contributed by atoms with E-state index in [1.807, 2.05) is 0 Å². The summed E-state index contributed by atoms with van der Waals surface area (Å²) in [5.74, 6) is -1.39. The zero-order chi connectivity index (χ0) is 14.1. The van der Waals surface area contributed by atoms with Crippen LogP contribution in [0, 0.1) is 15.9 Å². The molecular weight excluding hydrogens is 288 g/mol. The molecule has 1 aromatic rings. The van der Waals surface area contributed by atoms with Gasteiger partial charge >= 0.3 is 11.4 Å². The fraction of sp³-hybridized carbons (Fsp3) is 0.250. The first-order valence-electron chi connectivity index (χ1n) is 4.12. The maximum atomic E-state index is 13.0. The molecule has 1 aromatic carbocycles. The topological polar surface area (TPSA) is 43.1 Å². The highest BCUT2D eigenvalue weighted by Crippen LogP contribution is 2.48. The monoisotopic (exact) mass is 291 g/mol.